The molecule has 0 amide bonds. The molecule has 0 unspecified atom stereocenters. The molecular formula is C15H13ClO3. The number of carboxylic acids is 1. The molecule has 0 spiro atoms. The molecule has 0 aliphatic heterocycles. The molecule has 98 valence electrons. The first-order chi connectivity index (χ1) is 9.16. The molecule has 19 heavy (non-hydrogen) atoms. The minimum absolute atomic E-state index is 0.178. The summed E-state index contributed by atoms with van der Waals surface area (Å²) >= 11 is 6.01. The van der Waals surface area contributed by atoms with Gasteiger partial charge in [0.05, 0.1) is 18.8 Å². The lowest BCUT2D eigenvalue weighted by atomic mass is 10.1. The highest BCUT2D eigenvalue weighted by Crippen LogP contribution is 2.19. The number of carboxylic acid groups (broad SMARTS) is 1. The van der Waals surface area contributed by atoms with Gasteiger partial charge in [0.2, 0.25) is 0 Å². The highest BCUT2D eigenvalue weighted by Gasteiger charge is 2.07. The third kappa shape index (κ3) is 3.81. The van der Waals surface area contributed by atoms with Gasteiger partial charge in [-0.1, -0.05) is 48.0 Å². The maximum absolute atomic E-state index is 10.8. The summed E-state index contributed by atoms with van der Waals surface area (Å²) in [6.45, 7) is 0.853. The number of rotatable bonds is 5. The van der Waals surface area contributed by atoms with Gasteiger partial charge in [-0.25, -0.2) is 4.79 Å². The molecule has 0 saturated heterocycles. The van der Waals surface area contributed by atoms with Gasteiger partial charge in [-0.05, 0) is 23.3 Å². The first kappa shape index (κ1) is 13.6. The van der Waals surface area contributed by atoms with Crippen LogP contribution in [0.1, 0.15) is 21.5 Å². The lowest BCUT2D eigenvalue weighted by Gasteiger charge is -2.07. The predicted octanol–water partition coefficient (Wildman–Crippen LogP) is 3.76. The van der Waals surface area contributed by atoms with Crippen molar-refractivity contribution in [1.82, 2.24) is 0 Å². The summed E-state index contributed by atoms with van der Waals surface area (Å²) in [6, 6.07) is 14.5. The molecule has 0 fully saturated rings. The molecule has 0 saturated carbocycles. The largest absolute Gasteiger partial charge is 0.478 e. The van der Waals surface area contributed by atoms with Crippen LogP contribution in [-0.2, 0) is 18.0 Å². The average Bonchev–Trinajstić information content (AvgIpc) is 2.41. The van der Waals surface area contributed by atoms with Crippen molar-refractivity contribution in [3.8, 4) is 0 Å². The highest BCUT2D eigenvalue weighted by molar-refractivity contribution is 6.31. The van der Waals surface area contributed by atoms with Crippen LogP contribution in [0.4, 0.5) is 0 Å². The van der Waals surface area contributed by atoms with E-state index in [1.54, 1.807) is 6.07 Å². The molecule has 0 aliphatic carbocycles. The van der Waals surface area contributed by atoms with Gasteiger partial charge in [0.1, 0.15) is 0 Å². The Hall–Kier alpha value is -1.84. The van der Waals surface area contributed by atoms with Crippen LogP contribution < -0.4 is 0 Å². The SMILES string of the molecule is O=C(O)c1ccc(COCc2ccccc2)c(Cl)c1. The van der Waals surface area contributed by atoms with E-state index >= 15 is 0 Å². The van der Waals surface area contributed by atoms with Crippen LogP contribution in [0, 0.1) is 0 Å². The fraction of sp³-hybridized carbons (Fsp3) is 0.133. The van der Waals surface area contributed by atoms with E-state index in [2.05, 4.69) is 0 Å². The quantitative estimate of drug-likeness (QED) is 0.904. The van der Waals surface area contributed by atoms with Crippen molar-refractivity contribution < 1.29 is 14.6 Å². The lowest BCUT2D eigenvalue weighted by molar-refractivity contribution is 0.0696. The second kappa shape index (κ2) is 6.36. The van der Waals surface area contributed by atoms with Crippen molar-refractivity contribution in [2.24, 2.45) is 0 Å². The maximum atomic E-state index is 10.8. The van der Waals surface area contributed by atoms with Crippen LogP contribution in [0.15, 0.2) is 48.5 Å². The summed E-state index contributed by atoms with van der Waals surface area (Å²) < 4.78 is 5.56. The van der Waals surface area contributed by atoms with Crippen LogP contribution in [0.3, 0.4) is 0 Å². The van der Waals surface area contributed by atoms with Crippen LogP contribution >= 0.6 is 11.6 Å². The minimum atomic E-state index is -0.987. The van der Waals surface area contributed by atoms with E-state index in [0.717, 1.165) is 11.1 Å². The molecule has 1 N–H and O–H groups in total. The molecule has 0 radical (unpaired) electrons. The summed E-state index contributed by atoms with van der Waals surface area (Å²) in [5.74, 6) is -0.987. The minimum Gasteiger partial charge on any atom is -0.478 e. The van der Waals surface area contributed by atoms with Crippen LogP contribution in [-0.4, -0.2) is 11.1 Å². The van der Waals surface area contributed by atoms with E-state index in [4.69, 9.17) is 21.4 Å². The molecule has 2 aromatic rings. The Labute approximate surface area is 116 Å². The maximum Gasteiger partial charge on any atom is 0.335 e. The summed E-state index contributed by atoms with van der Waals surface area (Å²) in [7, 11) is 0. The molecule has 2 rings (SSSR count). The number of aromatic carboxylic acids is 1. The predicted molar refractivity (Wildman–Crippen MR) is 73.3 cm³/mol. The average molecular weight is 277 g/mol. The van der Waals surface area contributed by atoms with E-state index in [-0.39, 0.29) is 5.56 Å². The zero-order valence-electron chi connectivity index (χ0n) is 10.2. The third-order valence-electron chi connectivity index (χ3n) is 2.67. The Morgan fingerprint density at radius 3 is 2.47 bits per heavy atom. The Bertz CT molecular complexity index is 567. The number of halogens is 1. The van der Waals surface area contributed by atoms with Crippen molar-refractivity contribution in [1.29, 1.82) is 0 Å². The van der Waals surface area contributed by atoms with Crippen molar-refractivity contribution in [3.05, 3.63) is 70.2 Å². The summed E-state index contributed by atoms with van der Waals surface area (Å²) in [4.78, 5) is 10.8. The number of carbonyl (C=O) groups is 1. The molecule has 0 aliphatic rings. The van der Waals surface area contributed by atoms with Gasteiger partial charge >= 0.3 is 5.97 Å². The van der Waals surface area contributed by atoms with Crippen LogP contribution in [0.2, 0.25) is 5.02 Å². The van der Waals surface area contributed by atoms with E-state index in [1.807, 2.05) is 30.3 Å². The van der Waals surface area contributed by atoms with Crippen molar-refractivity contribution >= 4 is 17.6 Å². The number of benzene rings is 2. The van der Waals surface area contributed by atoms with E-state index in [9.17, 15) is 4.79 Å². The summed E-state index contributed by atoms with van der Waals surface area (Å²) in [5, 5.41) is 9.25. The van der Waals surface area contributed by atoms with Crippen LogP contribution in [0.5, 0.6) is 0 Å². The van der Waals surface area contributed by atoms with Gasteiger partial charge < -0.3 is 9.84 Å². The van der Waals surface area contributed by atoms with Gasteiger partial charge in [0.15, 0.2) is 0 Å². The molecule has 0 bridgehead atoms. The molecule has 3 nitrogen and oxygen atoms in total. The number of hydrogen-bond donors (Lipinski definition) is 1. The second-order valence-corrected chi connectivity index (χ2v) is 4.50. The molecule has 0 aromatic heterocycles. The molecule has 4 heteroatoms. The van der Waals surface area contributed by atoms with Crippen molar-refractivity contribution in [2.45, 2.75) is 13.2 Å². The van der Waals surface area contributed by atoms with Crippen molar-refractivity contribution in [2.75, 3.05) is 0 Å². The fourth-order valence-electron chi connectivity index (χ4n) is 1.65. The Kier molecular flexibility index (Phi) is 4.55. The zero-order valence-corrected chi connectivity index (χ0v) is 10.9. The Balaban J connectivity index is 1.95. The fourth-order valence-corrected chi connectivity index (χ4v) is 1.89. The first-order valence-electron chi connectivity index (χ1n) is 5.80. The Morgan fingerprint density at radius 2 is 1.84 bits per heavy atom. The first-order valence-corrected chi connectivity index (χ1v) is 6.18. The summed E-state index contributed by atoms with van der Waals surface area (Å²) in [6.07, 6.45) is 0. The van der Waals surface area contributed by atoms with Gasteiger partial charge in [-0.2, -0.15) is 0 Å². The van der Waals surface area contributed by atoms with Gasteiger partial charge in [-0.3, -0.25) is 0 Å². The van der Waals surface area contributed by atoms with E-state index in [0.29, 0.717) is 18.2 Å². The normalized spacial score (nSPS) is 10.4. The lowest BCUT2D eigenvalue weighted by Crippen LogP contribution is -1.99. The smallest absolute Gasteiger partial charge is 0.335 e. The van der Waals surface area contributed by atoms with Crippen LogP contribution in [0.25, 0.3) is 0 Å². The van der Waals surface area contributed by atoms with Gasteiger partial charge in [0, 0.05) is 5.02 Å². The van der Waals surface area contributed by atoms with Gasteiger partial charge in [-0.15, -0.1) is 0 Å². The van der Waals surface area contributed by atoms with E-state index < -0.39 is 5.97 Å². The zero-order chi connectivity index (χ0) is 13.7. The molecular weight excluding hydrogens is 264 g/mol. The molecule has 2 aromatic carbocycles. The monoisotopic (exact) mass is 276 g/mol. The standard InChI is InChI=1S/C15H13ClO3/c16-14-8-12(15(17)18)6-7-13(14)10-19-9-11-4-2-1-3-5-11/h1-8H,9-10H2,(H,17,18). The topological polar surface area (TPSA) is 46.5 Å². The third-order valence-corrected chi connectivity index (χ3v) is 3.02. The van der Waals surface area contributed by atoms with Crippen molar-refractivity contribution in [3.63, 3.8) is 0 Å². The van der Waals surface area contributed by atoms with E-state index in [1.165, 1.54) is 12.1 Å². The number of ether oxygens (including phenoxy) is 1. The molecule has 0 heterocycles. The highest BCUT2D eigenvalue weighted by atomic mass is 35.5. The summed E-state index contributed by atoms with van der Waals surface area (Å²) in [5.41, 5.74) is 2.04. The molecule has 0 atom stereocenters. The number of hydrogen-bond acceptors (Lipinski definition) is 2. The van der Waals surface area contributed by atoms with Gasteiger partial charge in [0.25, 0.3) is 0 Å². The Morgan fingerprint density at radius 1 is 1.11 bits per heavy atom. The second-order valence-electron chi connectivity index (χ2n) is 4.09.